The van der Waals surface area contributed by atoms with Crippen LogP contribution in [-0.4, -0.2) is 47.2 Å². The van der Waals surface area contributed by atoms with Crippen molar-refractivity contribution in [2.75, 3.05) is 26.0 Å². The number of carbonyl (C=O) groups is 2. The minimum atomic E-state index is -0.257. The first-order valence-electron chi connectivity index (χ1n) is 9.88. The maximum atomic E-state index is 13.5. The molecule has 0 spiro atoms. The highest BCUT2D eigenvalue weighted by atomic mass is 32.1. The lowest BCUT2D eigenvalue weighted by molar-refractivity contribution is -0.125. The van der Waals surface area contributed by atoms with Crippen molar-refractivity contribution in [1.29, 1.82) is 0 Å². The van der Waals surface area contributed by atoms with Crippen LogP contribution in [0.5, 0.6) is 0 Å². The van der Waals surface area contributed by atoms with Gasteiger partial charge in [-0.25, -0.2) is 9.37 Å². The fraction of sp³-hybridized carbons (Fsp3) is 0.261. The van der Waals surface area contributed by atoms with E-state index in [2.05, 4.69) is 10.3 Å². The summed E-state index contributed by atoms with van der Waals surface area (Å²) in [5, 5.41) is 3.69. The van der Waals surface area contributed by atoms with Crippen molar-refractivity contribution in [3.8, 4) is 0 Å². The third kappa shape index (κ3) is 4.65. The Kier molecular flexibility index (Phi) is 5.84. The highest BCUT2D eigenvalue weighted by Crippen LogP contribution is 2.32. The number of nitrogens with zero attached hydrogens (tertiary/aromatic N) is 3. The van der Waals surface area contributed by atoms with E-state index in [4.69, 9.17) is 0 Å². The molecule has 0 atom stereocenters. The van der Waals surface area contributed by atoms with Crippen molar-refractivity contribution >= 4 is 45.1 Å². The van der Waals surface area contributed by atoms with Crippen LogP contribution in [0.25, 0.3) is 16.2 Å². The minimum Gasteiger partial charge on any atom is -0.337 e. The van der Waals surface area contributed by atoms with Crippen molar-refractivity contribution in [3.05, 3.63) is 63.9 Å². The number of thiophene rings is 1. The van der Waals surface area contributed by atoms with Gasteiger partial charge in [0.05, 0.1) is 13.1 Å². The molecule has 0 unspecified atom stereocenters. The summed E-state index contributed by atoms with van der Waals surface area (Å²) < 4.78 is 14.6. The van der Waals surface area contributed by atoms with Gasteiger partial charge in [0, 0.05) is 41.0 Å². The molecule has 3 heterocycles. The fourth-order valence-electron chi connectivity index (χ4n) is 3.60. The Bertz CT molecular complexity index is 1200. The average Bonchev–Trinajstić information content (AvgIpc) is 2.93. The summed E-state index contributed by atoms with van der Waals surface area (Å²) in [6, 6.07) is 6.70. The third-order valence-electron chi connectivity index (χ3n) is 5.27. The standard InChI is InChI=1S/C23H23FN4O2S/c1-14-18-9-17(24)5-6-19(18)31-20(14)12-28(3)22(30)7-4-15-8-16-11-27(2)13-21(29)26-23(16)25-10-15/h4-10H,11-13H2,1-3H3,(H,25,26,29)/b7-4+. The van der Waals surface area contributed by atoms with Crippen molar-refractivity contribution < 1.29 is 14.0 Å². The molecule has 1 N–H and O–H groups in total. The van der Waals surface area contributed by atoms with E-state index in [9.17, 15) is 14.0 Å². The van der Waals surface area contributed by atoms with Crippen LogP contribution < -0.4 is 5.32 Å². The molecule has 4 rings (SSSR count). The molecule has 0 fully saturated rings. The van der Waals surface area contributed by atoms with Crippen molar-refractivity contribution in [2.24, 2.45) is 0 Å². The van der Waals surface area contributed by atoms with Gasteiger partial charge in [-0.15, -0.1) is 11.3 Å². The number of hydrogen-bond acceptors (Lipinski definition) is 5. The second-order valence-corrected chi connectivity index (χ2v) is 8.95. The van der Waals surface area contributed by atoms with Gasteiger partial charge in [0.1, 0.15) is 11.6 Å². The van der Waals surface area contributed by atoms with Crippen LogP contribution in [0.1, 0.15) is 21.6 Å². The number of halogens is 1. The third-order valence-corrected chi connectivity index (χ3v) is 6.53. The molecule has 1 aliphatic heterocycles. The number of fused-ring (bicyclic) bond motifs is 2. The summed E-state index contributed by atoms with van der Waals surface area (Å²) in [6.07, 6.45) is 4.88. The predicted molar refractivity (Wildman–Crippen MR) is 121 cm³/mol. The zero-order valence-electron chi connectivity index (χ0n) is 17.6. The second-order valence-electron chi connectivity index (χ2n) is 7.82. The molecule has 1 aliphatic rings. The fourth-order valence-corrected chi connectivity index (χ4v) is 4.84. The molecule has 0 saturated heterocycles. The largest absolute Gasteiger partial charge is 0.337 e. The molecular weight excluding hydrogens is 415 g/mol. The number of benzene rings is 1. The summed E-state index contributed by atoms with van der Waals surface area (Å²) in [5.41, 5.74) is 2.70. The quantitative estimate of drug-likeness (QED) is 0.630. The molecule has 3 aromatic rings. The Morgan fingerprint density at radius 3 is 2.97 bits per heavy atom. The Balaban J connectivity index is 1.47. The van der Waals surface area contributed by atoms with Gasteiger partial charge in [-0.3, -0.25) is 14.5 Å². The van der Waals surface area contributed by atoms with Crippen LogP contribution in [0.15, 0.2) is 36.5 Å². The van der Waals surface area contributed by atoms with Gasteiger partial charge >= 0.3 is 0 Å². The first-order chi connectivity index (χ1) is 14.8. The smallest absolute Gasteiger partial charge is 0.246 e. The minimum absolute atomic E-state index is 0.0897. The summed E-state index contributed by atoms with van der Waals surface area (Å²) in [4.78, 5) is 33.4. The SMILES string of the molecule is Cc1c(CN(C)C(=O)/C=C/c2cnc3c(c2)CN(C)CC(=O)N3)sc2ccc(F)cc12. The second kappa shape index (κ2) is 8.56. The molecule has 1 aromatic carbocycles. The predicted octanol–water partition coefficient (Wildman–Crippen LogP) is 3.80. The van der Waals surface area contributed by atoms with E-state index in [0.717, 1.165) is 31.7 Å². The number of anilines is 1. The first kappa shape index (κ1) is 21.1. The molecular formula is C23H23FN4O2S. The summed E-state index contributed by atoms with van der Waals surface area (Å²) in [7, 11) is 3.62. The molecule has 0 bridgehead atoms. The van der Waals surface area contributed by atoms with E-state index in [1.807, 2.05) is 24.9 Å². The number of pyridine rings is 1. The first-order valence-corrected chi connectivity index (χ1v) is 10.7. The Morgan fingerprint density at radius 1 is 1.35 bits per heavy atom. The van der Waals surface area contributed by atoms with Gasteiger partial charge in [0.25, 0.3) is 0 Å². The lowest BCUT2D eigenvalue weighted by Gasteiger charge is -2.14. The van der Waals surface area contributed by atoms with Gasteiger partial charge in [0.15, 0.2) is 0 Å². The topological polar surface area (TPSA) is 65.5 Å². The number of amides is 2. The van der Waals surface area contributed by atoms with Crippen LogP contribution in [0.3, 0.4) is 0 Å². The van der Waals surface area contributed by atoms with Crippen molar-refractivity contribution in [2.45, 2.75) is 20.0 Å². The van der Waals surface area contributed by atoms with E-state index >= 15 is 0 Å². The molecule has 2 amide bonds. The lowest BCUT2D eigenvalue weighted by Crippen LogP contribution is -2.26. The molecule has 160 valence electrons. The van der Waals surface area contributed by atoms with Crippen LogP contribution in [-0.2, 0) is 22.7 Å². The van der Waals surface area contributed by atoms with Crippen molar-refractivity contribution in [3.63, 3.8) is 0 Å². The number of carbonyl (C=O) groups excluding carboxylic acids is 2. The van der Waals surface area contributed by atoms with Crippen LogP contribution >= 0.6 is 11.3 Å². The summed E-state index contributed by atoms with van der Waals surface area (Å²) in [5.74, 6) is 0.0792. The highest BCUT2D eigenvalue weighted by molar-refractivity contribution is 7.19. The van der Waals surface area contributed by atoms with Gasteiger partial charge in [-0.1, -0.05) is 0 Å². The maximum absolute atomic E-state index is 13.5. The zero-order valence-corrected chi connectivity index (χ0v) is 18.4. The number of aryl methyl sites for hydroxylation is 1. The molecule has 2 aromatic heterocycles. The molecule has 0 saturated carbocycles. The number of rotatable bonds is 4. The number of hydrogen-bond donors (Lipinski definition) is 1. The summed E-state index contributed by atoms with van der Waals surface area (Å²) in [6.45, 7) is 3.32. The van der Waals surface area contributed by atoms with Crippen LogP contribution in [0, 0.1) is 12.7 Å². The maximum Gasteiger partial charge on any atom is 0.246 e. The Morgan fingerprint density at radius 2 is 2.16 bits per heavy atom. The van der Waals surface area contributed by atoms with Gasteiger partial charge < -0.3 is 10.2 Å². The lowest BCUT2D eigenvalue weighted by atomic mass is 10.1. The van der Waals surface area contributed by atoms with Crippen LogP contribution in [0.4, 0.5) is 10.2 Å². The van der Waals surface area contributed by atoms with Crippen molar-refractivity contribution in [1.82, 2.24) is 14.8 Å². The van der Waals surface area contributed by atoms with Gasteiger partial charge in [-0.05, 0) is 60.8 Å². The molecule has 0 radical (unpaired) electrons. The monoisotopic (exact) mass is 438 g/mol. The average molecular weight is 439 g/mol. The number of nitrogens with one attached hydrogen (secondary N) is 1. The molecule has 8 heteroatoms. The van der Waals surface area contributed by atoms with E-state index in [0.29, 0.717) is 25.5 Å². The van der Waals surface area contributed by atoms with E-state index in [-0.39, 0.29) is 17.6 Å². The van der Waals surface area contributed by atoms with E-state index < -0.39 is 0 Å². The Hall–Kier alpha value is -3.10. The zero-order chi connectivity index (χ0) is 22.1. The molecule has 6 nitrogen and oxygen atoms in total. The van der Waals surface area contributed by atoms with E-state index in [1.165, 1.54) is 18.2 Å². The normalized spacial score (nSPS) is 14.5. The molecule has 0 aliphatic carbocycles. The summed E-state index contributed by atoms with van der Waals surface area (Å²) >= 11 is 1.58. The van der Waals surface area contributed by atoms with E-state index in [1.54, 1.807) is 41.6 Å². The number of likely N-dealkylation sites (N-methyl/N-ethyl adjacent to an activating group) is 2. The Labute approximate surface area is 184 Å². The van der Waals surface area contributed by atoms with Gasteiger partial charge in [-0.2, -0.15) is 0 Å². The van der Waals surface area contributed by atoms with Crippen LogP contribution in [0.2, 0.25) is 0 Å². The highest BCUT2D eigenvalue weighted by Gasteiger charge is 2.18. The van der Waals surface area contributed by atoms with Gasteiger partial charge in [0.2, 0.25) is 11.8 Å². The number of aromatic nitrogens is 1. The molecule has 31 heavy (non-hydrogen) atoms.